The van der Waals surface area contributed by atoms with Gasteiger partial charge in [-0.3, -0.25) is 0 Å². The highest BCUT2D eigenvalue weighted by Gasteiger charge is 2.16. The van der Waals surface area contributed by atoms with Crippen LogP contribution in [0.25, 0.3) is 0 Å². The second kappa shape index (κ2) is 6.19. The third-order valence-electron chi connectivity index (χ3n) is 3.69. The maximum atomic E-state index is 5.39. The second-order valence-corrected chi connectivity index (χ2v) is 5.59. The highest BCUT2D eigenvalue weighted by Crippen LogP contribution is 2.19. The van der Waals surface area contributed by atoms with Gasteiger partial charge in [0.05, 0.1) is 6.04 Å². The predicted molar refractivity (Wildman–Crippen MR) is 80.7 cm³/mol. The predicted octanol–water partition coefficient (Wildman–Crippen LogP) is 3.46. The number of rotatable bonds is 3. The number of aryl methyl sites for hydroxylation is 1. The largest absolute Gasteiger partial charge is 0.360 e. The Bertz CT molecular complexity index is 411. The van der Waals surface area contributed by atoms with E-state index in [1.807, 2.05) is 0 Å². The lowest BCUT2D eigenvalue weighted by molar-refractivity contribution is 0.605. The van der Waals surface area contributed by atoms with E-state index in [2.05, 4.69) is 48.7 Å². The second-order valence-electron chi connectivity index (χ2n) is 5.18. The van der Waals surface area contributed by atoms with Crippen molar-refractivity contribution in [2.45, 2.75) is 51.6 Å². The highest BCUT2D eigenvalue weighted by atomic mass is 32.1. The van der Waals surface area contributed by atoms with Gasteiger partial charge in [0.25, 0.3) is 0 Å². The molecule has 2 rings (SSSR count). The first-order valence-electron chi connectivity index (χ1n) is 6.79. The molecule has 0 aromatic heterocycles. The Hall–Kier alpha value is -1.09. The summed E-state index contributed by atoms with van der Waals surface area (Å²) in [5.74, 6) is 0. The van der Waals surface area contributed by atoms with E-state index < -0.39 is 0 Å². The Balaban J connectivity index is 1.88. The first-order valence-corrected chi connectivity index (χ1v) is 7.20. The molecule has 3 heteroatoms. The van der Waals surface area contributed by atoms with Crippen molar-refractivity contribution in [3.8, 4) is 0 Å². The van der Waals surface area contributed by atoms with Crippen LogP contribution in [0.15, 0.2) is 24.3 Å². The standard InChI is InChI=1S/C15H22N2S/c1-11-7-3-6-10-14(11)12(2)16-15(18)17-13-8-4-5-9-13/h3,6-7,10,12-13H,4-5,8-9H2,1-2H3,(H2,16,17,18). The number of nitrogens with one attached hydrogen (secondary N) is 2. The van der Waals surface area contributed by atoms with Crippen molar-refractivity contribution in [2.75, 3.05) is 0 Å². The Morgan fingerprint density at radius 1 is 1.28 bits per heavy atom. The van der Waals surface area contributed by atoms with E-state index in [-0.39, 0.29) is 6.04 Å². The summed E-state index contributed by atoms with van der Waals surface area (Å²) in [6.07, 6.45) is 5.16. The quantitative estimate of drug-likeness (QED) is 0.816. The molecule has 98 valence electrons. The molecule has 1 aliphatic carbocycles. The molecule has 1 aromatic rings. The molecular formula is C15H22N2S. The van der Waals surface area contributed by atoms with Gasteiger partial charge in [-0.1, -0.05) is 37.1 Å². The lowest BCUT2D eigenvalue weighted by Gasteiger charge is -2.21. The Morgan fingerprint density at radius 3 is 2.61 bits per heavy atom. The minimum absolute atomic E-state index is 0.257. The van der Waals surface area contributed by atoms with Crippen LogP contribution in [-0.4, -0.2) is 11.2 Å². The summed E-state index contributed by atoms with van der Waals surface area (Å²) in [5.41, 5.74) is 2.62. The summed E-state index contributed by atoms with van der Waals surface area (Å²) in [6.45, 7) is 4.30. The van der Waals surface area contributed by atoms with Crippen molar-refractivity contribution in [3.05, 3.63) is 35.4 Å². The number of hydrogen-bond donors (Lipinski definition) is 2. The summed E-state index contributed by atoms with van der Waals surface area (Å²) < 4.78 is 0. The minimum Gasteiger partial charge on any atom is -0.360 e. The Morgan fingerprint density at radius 2 is 1.94 bits per heavy atom. The van der Waals surface area contributed by atoms with E-state index in [0.29, 0.717) is 6.04 Å². The van der Waals surface area contributed by atoms with E-state index in [1.54, 1.807) is 0 Å². The number of hydrogen-bond acceptors (Lipinski definition) is 1. The molecule has 0 saturated heterocycles. The molecule has 0 amide bonds. The maximum absolute atomic E-state index is 5.39. The third kappa shape index (κ3) is 3.45. The van der Waals surface area contributed by atoms with Crippen LogP contribution in [0.5, 0.6) is 0 Å². The first-order chi connectivity index (χ1) is 8.66. The smallest absolute Gasteiger partial charge is 0.166 e. The van der Waals surface area contributed by atoms with Crippen LogP contribution in [0, 0.1) is 6.92 Å². The molecule has 1 saturated carbocycles. The Kier molecular flexibility index (Phi) is 4.59. The first kappa shape index (κ1) is 13.3. The van der Waals surface area contributed by atoms with E-state index in [4.69, 9.17) is 12.2 Å². The van der Waals surface area contributed by atoms with Crippen LogP contribution in [0.3, 0.4) is 0 Å². The Labute approximate surface area is 115 Å². The van der Waals surface area contributed by atoms with Gasteiger partial charge in [-0.15, -0.1) is 0 Å². The van der Waals surface area contributed by atoms with E-state index in [1.165, 1.54) is 36.8 Å². The van der Waals surface area contributed by atoms with Crippen molar-refractivity contribution in [2.24, 2.45) is 0 Å². The molecule has 18 heavy (non-hydrogen) atoms. The van der Waals surface area contributed by atoms with E-state index in [9.17, 15) is 0 Å². The molecule has 0 heterocycles. The van der Waals surface area contributed by atoms with Crippen molar-refractivity contribution in [1.82, 2.24) is 10.6 Å². The van der Waals surface area contributed by atoms with Gasteiger partial charge in [0.15, 0.2) is 5.11 Å². The third-order valence-corrected chi connectivity index (χ3v) is 3.93. The van der Waals surface area contributed by atoms with Crippen LogP contribution in [0.4, 0.5) is 0 Å². The molecular weight excluding hydrogens is 240 g/mol. The summed E-state index contributed by atoms with van der Waals surface area (Å²) in [5, 5.41) is 7.59. The van der Waals surface area contributed by atoms with Crippen molar-refractivity contribution in [1.29, 1.82) is 0 Å². The van der Waals surface area contributed by atoms with E-state index >= 15 is 0 Å². The lowest BCUT2D eigenvalue weighted by Crippen LogP contribution is -2.41. The fraction of sp³-hybridized carbons (Fsp3) is 0.533. The maximum Gasteiger partial charge on any atom is 0.166 e. The van der Waals surface area contributed by atoms with Gasteiger partial charge in [-0.25, -0.2) is 0 Å². The number of thiocarbonyl (C=S) groups is 1. The van der Waals surface area contributed by atoms with E-state index in [0.717, 1.165) is 5.11 Å². The SMILES string of the molecule is Cc1ccccc1C(C)NC(=S)NC1CCCC1. The molecule has 1 aliphatic rings. The van der Waals surface area contributed by atoms with Crippen molar-refractivity contribution < 1.29 is 0 Å². The van der Waals surface area contributed by atoms with Gasteiger partial charge >= 0.3 is 0 Å². The zero-order valence-electron chi connectivity index (χ0n) is 11.2. The topological polar surface area (TPSA) is 24.1 Å². The van der Waals surface area contributed by atoms with Gasteiger partial charge in [0, 0.05) is 6.04 Å². The minimum atomic E-state index is 0.257. The summed E-state index contributed by atoms with van der Waals surface area (Å²) in [7, 11) is 0. The van der Waals surface area contributed by atoms with Crippen LogP contribution in [0.1, 0.15) is 49.8 Å². The normalized spacial score (nSPS) is 17.4. The highest BCUT2D eigenvalue weighted by molar-refractivity contribution is 7.80. The fourth-order valence-corrected chi connectivity index (χ4v) is 2.99. The fourth-order valence-electron chi connectivity index (χ4n) is 2.64. The van der Waals surface area contributed by atoms with Crippen LogP contribution >= 0.6 is 12.2 Å². The number of benzene rings is 1. The monoisotopic (exact) mass is 262 g/mol. The zero-order valence-corrected chi connectivity index (χ0v) is 12.0. The average molecular weight is 262 g/mol. The molecule has 1 unspecified atom stereocenters. The molecule has 0 radical (unpaired) electrons. The molecule has 2 N–H and O–H groups in total. The van der Waals surface area contributed by atoms with Gasteiger partial charge in [-0.2, -0.15) is 0 Å². The molecule has 0 bridgehead atoms. The molecule has 2 nitrogen and oxygen atoms in total. The van der Waals surface area contributed by atoms with Gasteiger partial charge in [0.1, 0.15) is 0 Å². The molecule has 1 aromatic carbocycles. The van der Waals surface area contributed by atoms with Crippen LogP contribution in [0.2, 0.25) is 0 Å². The van der Waals surface area contributed by atoms with Crippen molar-refractivity contribution in [3.63, 3.8) is 0 Å². The van der Waals surface area contributed by atoms with Gasteiger partial charge < -0.3 is 10.6 Å². The molecule has 1 fully saturated rings. The average Bonchev–Trinajstić information content (AvgIpc) is 2.82. The summed E-state index contributed by atoms with van der Waals surface area (Å²) in [6, 6.07) is 9.28. The van der Waals surface area contributed by atoms with Gasteiger partial charge in [-0.05, 0) is 50.0 Å². The summed E-state index contributed by atoms with van der Waals surface area (Å²) >= 11 is 5.39. The zero-order chi connectivity index (χ0) is 13.0. The molecule has 1 atom stereocenters. The summed E-state index contributed by atoms with van der Waals surface area (Å²) in [4.78, 5) is 0. The van der Waals surface area contributed by atoms with Crippen LogP contribution < -0.4 is 10.6 Å². The van der Waals surface area contributed by atoms with Crippen molar-refractivity contribution >= 4 is 17.3 Å². The molecule has 0 spiro atoms. The lowest BCUT2D eigenvalue weighted by atomic mass is 10.0. The van der Waals surface area contributed by atoms with Gasteiger partial charge in [0.2, 0.25) is 0 Å². The van der Waals surface area contributed by atoms with Crippen LogP contribution in [-0.2, 0) is 0 Å². The molecule has 0 aliphatic heterocycles.